The van der Waals surface area contributed by atoms with E-state index in [9.17, 15) is 0 Å². The van der Waals surface area contributed by atoms with Crippen molar-refractivity contribution in [1.29, 1.82) is 0 Å². The van der Waals surface area contributed by atoms with Gasteiger partial charge in [0.15, 0.2) is 11.5 Å². The highest BCUT2D eigenvalue weighted by atomic mass is 16.5. The van der Waals surface area contributed by atoms with Gasteiger partial charge >= 0.3 is 0 Å². The minimum atomic E-state index is 0.627. The Morgan fingerprint density at radius 2 is 2.05 bits per heavy atom. The fourth-order valence-electron chi connectivity index (χ4n) is 3.11. The summed E-state index contributed by atoms with van der Waals surface area (Å²) in [4.78, 5) is 2.56. The molecule has 1 aliphatic heterocycles. The molecule has 1 heterocycles. The molecule has 1 unspecified atom stereocenters. The molecule has 0 bridgehead atoms. The highest BCUT2D eigenvalue weighted by Gasteiger charge is 2.21. The van der Waals surface area contributed by atoms with Crippen molar-refractivity contribution in [3.63, 3.8) is 0 Å². The minimum absolute atomic E-state index is 0.627. The number of hydrogen-bond acceptors (Lipinski definition) is 4. The van der Waals surface area contributed by atoms with Crippen LogP contribution in [-0.4, -0.2) is 31.7 Å². The number of likely N-dealkylation sites (tertiary alicyclic amines) is 1. The third-order valence-corrected chi connectivity index (χ3v) is 4.17. The first-order valence-corrected chi connectivity index (χ1v) is 7.44. The average Bonchev–Trinajstić information content (AvgIpc) is 2.47. The van der Waals surface area contributed by atoms with E-state index in [1.54, 1.807) is 14.2 Å². The lowest BCUT2D eigenvalue weighted by atomic mass is 9.99. The zero-order valence-electron chi connectivity index (χ0n) is 12.8. The van der Waals surface area contributed by atoms with Crippen LogP contribution in [0.25, 0.3) is 0 Å². The van der Waals surface area contributed by atoms with Gasteiger partial charge in [0, 0.05) is 12.6 Å². The van der Waals surface area contributed by atoms with Crippen molar-refractivity contribution < 1.29 is 9.47 Å². The first-order chi connectivity index (χ1) is 9.69. The Morgan fingerprint density at radius 1 is 1.25 bits per heavy atom. The maximum atomic E-state index is 6.06. The van der Waals surface area contributed by atoms with Gasteiger partial charge in [0.2, 0.25) is 0 Å². The summed E-state index contributed by atoms with van der Waals surface area (Å²) >= 11 is 0. The Bertz CT molecular complexity index is 448. The molecular formula is C16H26N2O2. The number of nitrogen functional groups attached to an aromatic ring is 1. The molecular weight excluding hydrogens is 252 g/mol. The van der Waals surface area contributed by atoms with Gasteiger partial charge in [-0.15, -0.1) is 0 Å². The molecule has 0 amide bonds. The number of hydrogen-bond donors (Lipinski definition) is 1. The quantitative estimate of drug-likeness (QED) is 0.841. The van der Waals surface area contributed by atoms with Gasteiger partial charge < -0.3 is 15.2 Å². The number of nitrogens with zero attached hydrogens (tertiary/aromatic N) is 1. The number of anilines is 1. The van der Waals surface area contributed by atoms with E-state index in [2.05, 4.69) is 11.8 Å². The topological polar surface area (TPSA) is 47.7 Å². The zero-order valence-corrected chi connectivity index (χ0v) is 12.8. The summed E-state index contributed by atoms with van der Waals surface area (Å²) in [6, 6.07) is 4.73. The van der Waals surface area contributed by atoms with E-state index in [-0.39, 0.29) is 0 Å². The van der Waals surface area contributed by atoms with Crippen molar-refractivity contribution >= 4 is 5.69 Å². The van der Waals surface area contributed by atoms with E-state index in [1.807, 2.05) is 12.1 Å². The average molecular weight is 278 g/mol. The van der Waals surface area contributed by atoms with Crippen LogP contribution in [0.3, 0.4) is 0 Å². The van der Waals surface area contributed by atoms with E-state index in [0.29, 0.717) is 23.2 Å². The number of benzene rings is 1. The largest absolute Gasteiger partial charge is 0.493 e. The van der Waals surface area contributed by atoms with Gasteiger partial charge in [-0.25, -0.2) is 0 Å². The van der Waals surface area contributed by atoms with Gasteiger partial charge in [0.05, 0.1) is 19.9 Å². The summed E-state index contributed by atoms with van der Waals surface area (Å²) in [6.45, 7) is 4.38. The van der Waals surface area contributed by atoms with Crippen LogP contribution in [0.1, 0.15) is 38.2 Å². The van der Waals surface area contributed by atoms with E-state index in [1.165, 1.54) is 37.8 Å². The molecule has 2 rings (SSSR count). The molecule has 1 fully saturated rings. The summed E-state index contributed by atoms with van der Waals surface area (Å²) in [5.41, 5.74) is 7.90. The standard InChI is InChI=1S/C16H26N2O2/c1-4-13-7-5-6-8-18(13)11-12-9-14(17)16(20-3)15(10-12)19-2/h9-10,13H,4-8,11,17H2,1-3H3. The maximum absolute atomic E-state index is 6.06. The van der Waals surface area contributed by atoms with Crippen LogP contribution in [0.15, 0.2) is 12.1 Å². The molecule has 0 spiro atoms. The Hall–Kier alpha value is -1.42. The fraction of sp³-hybridized carbons (Fsp3) is 0.625. The van der Waals surface area contributed by atoms with Crippen LogP contribution in [0.5, 0.6) is 11.5 Å². The van der Waals surface area contributed by atoms with Crippen molar-refractivity contribution in [1.82, 2.24) is 4.90 Å². The van der Waals surface area contributed by atoms with Crippen LogP contribution >= 0.6 is 0 Å². The van der Waals surface area contributed by atoms with Crippen molar-refractivity contribution in [3.8, 4) is 11.5 Å². The summed E-state index contributed by atoms with van der Waals surface area (Å²) in [5.74, 6) is 1.34. The van der Waals surface area contributed by atoms with Gasteiger partial charge in [0.25, 0.3) is 0 Å². The molecule has 1 saturated heterocycles. The Morgan fingerprint density at radius 3 is 2.70 bits per heavy atom. The predicted molar refractivity (Wildman–Crippen MR) is 82.3 cm³/mol. The number of methoxy groups -OCH3 is 2. The SMILES string of the molecule is CCC1CCCCN1Cc1cc(N)c(OC)c(OC)c1. The van der Waals surface area contributed by atoms with Gasteiger partial charge in [-0.05, 0) is 43.5 Å². The highest BCUT2D eigenvalue weighted by Crippen LogP contribution is 2.35. The van der Waals surface area contributed by atoms with Crippen LogP contribution in [0.4, 0.5) is 5.69 Å². The molecule has 0 radical (unpaired) electrons. The predicted octanol–water partition coefficient (Wildman–Crippen LogP) is 3.05. The molecule has 0 aromatic heterocycles. The Kier molecular flexibility index (Phi) is 5.12. The molecule has 20 heavy (non-hydrogen) atoms. The zero-order chi connectivity index (χ0) is 14.5. The van der Waals surface area contributed by atoms with Crippen LogP contribution in [0, 0.1) is 0 Å². The van der Waals surface area contributed by atoms with Crippen LogP contribution in [0.2, 0.25) is 0 Å². The van der Waals surface area contributed by atoms with Gasteiger partial charge in [0.1, 0.15) is 0 Å². The lowest BCUT2D eigenvalue weighted by Gasteiger charge is -2.35. The van der Waals surface area contributed by atoms with E-state index in [0.717, 1.165) is 6.54 Å². The molecule has 112 valence electrons. The smallest absolute Gasteiger partial charge is 0.183 e. The third-order valence-electron chi connectivity index (χ3n) is 4.17. The summed E-state index contributed by atoms with van der Waals surface area (Å²) in [5, 5.41) is 0. The number of rotatable bonds is 5. The monoisotopic (exact) mass is 278 g/mol. The van der Waals surface area contributed by atoms with Crippen molar-refractivity contribution in [2.45, 2.75) is 45.2 Å². The molecule has 1 aliphatic rings. The second-order valence-corrected chi connectivity index (χ2v) is 5.45. The second kappa shape index (κ2) is 6.84. The van der Waals surface area contributed by atoms with Crippen LogP contribution < -0.4 is 15.2 Å². The van der Waals surface area contributed by atoms with E-state index in [4.69, 9.17) is 15.2 Å². The third kappa shape index (κ3) is 3.18. The molecule has 0 saturated carbocycles. The number of ether oxygens (including phenoxy) is 2. The molecule has 4 heteroatoms. The van der Waals surface area contributed by atoms with Crippen LogP contribution in [-0.2, 0) is 6.54 Å². The van der Waals surface area contributed by atoms with Crippen molar-refractivity contribution in [2.75, 3.05) is 26.5 Å². The molecule has 1 aromatic carbocycles. The number of piperidine rings is 1. The Labute approximate surface area is 121 Å². The first-order valence-electron chi connectivity index (χ1n) is 7.44. The van der Waals surface area contributed by atoms with Crippen molar-refractivity contribution in [2.24, 2.45) is 0 Å². The lowest BCUT2D eigenvalue weighted by Crippen LogP contribution is -2.38. The summed E-state index contributed by atoms with van der Waals surface area (Å²) in [6.07, 6.45) is 5.16. The molecule has 1 atom stereocenters. The number of nitrogens with two attached hydrogens (primary N) is 1. The fourth-order valence-corrected chi connectivity index (χ4v) is 3.11. The molecule has 0 aliphatic carbocycles. The summed E-state index contributed by atoms with van der Waals surface area (Å²) in [7, 11) is 3.27. The van der Waals surface area contributed by atoms with Gasteiger partial charge in [-0.2, -0.15) is 0 Å². The van der Waals surface area contributed by atoms with E-state index >= 15 is 0 Å². The van der Waals surface area contributed by atoms with Gasteiger partial charge in [-0.1, -0.05) is 13.3 Å². The summed E-state index contributed by atoms with van der Waals surface area (Å²) < 4.78 is 10.7. The van der Waals surface area contributed by atoms with E-state index < -0.39 is 0 Å². The van der Waals surface area contributed by atoms with Gasteiger partial charge in [-0.3, -0.25) is 4.90 Å². The maximum Gasteiger partial charge on any atom is 0.183 e. The molecule has 1 aromatic rings. The van der Waals surface area contributed by atoms with Crippen molar-refractivity contribution in [3.05, 3.63) is 17.7 Å². The Balaban J connectivity index is 2.18. The molecule has 4 nitrogen and oxygen atoms in total. The highest BCUT2D eigenvalue weighted by molar-refractivity contribution is 5.62. The normalized spacial score (nSPS) is 19.9. The lowest BCUT2D eigenvalue weighted by molar-refractivity contribution is 0.136. The minimum Gasteiger partial charge on any atom is -0.493 e. The first kappa shape index (κ1) is 15.0. The molecule has 2 N–H and O–H groups in total. The second-order valence-electron chi connectivity index (χ2n) is 5.45.